The predicted octanol–water partition coefficient (Wildman–Crippen LogP) is 2.90. The van der Waals surface area contributed by atoms with Gasteiger partial charge in [-0.05, 0) is 41.3 Å². The third-order valence-corrected chi connectivity index (χ3v) is 4.78. The molecule has 0 saturated heterocycles. The number of benzene rings is 2. The minimum Gasteiger partial charge on any atom is -0.497 e. The van der Waals surface area contributed by atoms with Crippen molar-refractivity contribution in [2.75, 3.05) is 7.11 Å². The zero-order valence-corrected chi connectivity index (χ0v) is 13.7. The summed E-state index contributed by atoms with van der Waals surface area (Å²) in [6.07, 6.45) is 2.81. The third-order valence-electron chi connectivity index (χ3n) is 4.78. The molecule has 3 rings (SSSR count). The topological polar surface area (TPSA) is 75.6 Å². The molecule has 0 heterocycles. The maximum atomic E-state index is 12.5. The highest BCUT2D eigenvalue weighted by molar-refractivity contribution is 5.93. The van der Waals surface area contributed by atoms with E-state index in [9.17, 15) is 14.7 Å². The first-order valence-electron chi connectivity index (χ1n) is 8.14. The molecule has 0 atom stereocenters. The number of methoxy groups -OCH3 is 1. The number of carbonyl (C=O) groups is 2. The molecule has 0 spiro atoms. The number of carbonyl (C=O) groups excluding carboxylic acids is 1. The van der Waals surface area contributed by atoms with E-state index >= 15 is 0 Å². The average molecular weight is 327 g/mol. The van der Waals surface area contributed by atoms with Crippen LogP contribution in [0.5, 0.6) is 5.75 Å². The molecule has 24 heavy (non-hydrogen) atoms. The summed E-state index contributed by atoms with van der Waals surface area (Å²) in [5.74, 6) is -0.462. The Labute approximate surface area is 140 Å². The summed E-state index contributed by atoms with van der Waals surface area (Å²) < 4.78 is 5.26. The molecular formula is C19H21NO4. The first-order valence-corrected chi connectivity index (χ1v) is 8.14. The van der Waals surface area contributed by atoms with Crippen LogP contribution in [0.15, 0.2) is 36.4 Å². The minimum absolute atomic E-state index is 0.152. The molecule has 126 valence electrons. The fraction of sp³-hybridized carbons (Fsp3) is 0.368. The molecule has 1 aliphatic carbocycles. The van der Waals surface area contributed by atoms with Crippen LogP contribution in [0.4, 0.5) is 0 Å². The molecule has 0 bridgehead atoms. The predicted molar refractivity (Wildman–Crippen MR) is 91.2 cm³/mol. The Hall–Kier alpha value is -2.56. The standard InChI is InChI=1S/C19H21NO4/c1-24-15-8-7-13-5-4-6-14(16(13)12-15)11-17(21)20-19(18(22)23)9-2-3-10-19/h4-8,12H,2-3,9-11H2,1H3,(H,20,21)(H,22,23). The van der Waals surface area contributed by atoms with Crippen molar-refractivity contribution in [2.45, 2.75) is 37.6 Å². The van der Waals surface area contributed by atoms with Crippen molar-refractivity contribution in [1.29, 1.82) is 0 Å². The molecule has 2 aromatic rings. The van der Waals surface area contributed by atoms with Gasteiger partial charge in [0.05, 0.1) is 13.5 Å². The lowest BCUT2D eigenvalue weighted by molar-refractivity contribution is -0.147. The smallest absolute Gasteiger partial charge is 0.329 e. The van der Waals surface area contributed by atoms with Gasteiger partial charge in [-0.3, -0.25) is 4.79 Å². The lowest BCUT2D eigenvalue weighted by atomic mass is 9.96. The summed E-state index contributed by atoms with van der Waals surface area (Å²) in [6, 6.07) is 11.5. The number of amides is 1. The van der Waals surface area contributed by atoms with Gasteiger partial charge >= 0.3 is 5.97 Å². The molecule has 1 saturated carbocycles. The molecule has 5 nitrogen and oxygen atoms in total. The summed E-state index contributed by atoms with van der Waals surface area (Å²) in [5, 5.41) is 14.2. The van der Waals surface area contributed by atoms with E-state index in [1.807, 2.05) is 36.4 Å². The molecule has 0 radical (unpaired) electrons. The van der Waals surface area contributed by atoms with Crippen molar-refractivity contribution >= 4 is 22.6 Å². The molecule has 0 aromatic heterocycles. The number of ether oxygens (including phenoxy) is 1. The fourth-order valence-corrected chi connectivity index (χ4v) is 3.45. The van der Waals surface area contributed by atoms with Gasteiger partial charge in [0, 0.05) is 0 Å². The van der Waals surface area contributed by atoms with Crippen LogP contribution >= 0.6 is 0 Å². The van der Waals surface area contributed by atoms with Gasteiger partial charge in [0.2, 0.25) is 5.91 Å². The number of rotatable bonds is 5. The summed E-state index contributed by atoms with van der Waals surface area (Å²) in [4.78, 5) is 24.0. The first-order chi connectivity index (χ1) is 11.5. The highest BCUT2D eigenvalue weighted by Crippen LogP contribution is 2.30. The van der Waals surface area contributed by atoms with E-state index in [0.29, 0.717) is 12.8 Å². The van der Waals surface area contributed by atoms with Crippen molar-refractivity contribution < 1.29 is 19.4 Å². The van der Waals surface area contributed by atoms with Gasteiger partial charge in [0.15, 0.2) is 0 Å². The normalized spacial score (nSPS) is 16.0. The van der Waals surface area contributed by atoms with Crippen LogP contribution in [0.3, 0.4) is 0 Å². The lowest BCUT2D eigenvalue weighted by Crippen LogP contribution is -2.52. The van der Waals surface area contributed by atoms with Gasteiger partial charge in [-0.25, -0.2) is 4.79 Å². The highest BCUT2D eigenvalue weighted by Gasteiger charge is 2.42. The van der Waals surface area contributed by atoms with Crippen LogP contribution in [0.1, 0.15) is 31.2 Å². The molecule has 1 aliphatic rings. The van der Waals surface area contributed by atoms with Crippen molar-refractivity contribution in [2.24, 2.45) is 0 Å². The van der Waals surface area contributed by atoms with E-state index < -0.39 is 11.5 Å². The van der Waals surface area contributed by atoms with Crippen LogP contribution < -0.4 is 10.1 Å². The SMILES string of the molecule is COc1ccc2cccc(CC(=O)NC3(C(=O)O)CCCC3)c2c1. The van der Waals surface area contributed by atoms with Gasteiger partial charge in [0.1, 0.15) is 11.3 Å². The van der Waals surface area contributed by atoms with E-state index in [2.05, 4.69) is 5.32 Å². The number of carboxylic acid groups (broad SMARTS) is 1. The molecule has 0 aliphatic heterocycles. The summed E-state index contributed by atoms with van der Waals surface area (Å²) in [7, 11) is 1.60. The van der Waals surface area contributed by atoms with Crippen molar-refractivity contribution in [3.63, 3.8) is 0 Å². The molecule has 0 unspecified atom stereocenters. The highest BCUT2D eigenvalue weighted by atomic mass is 16.5. The fourth-order valence-electron chi connectivity index (χ4n) is 3.45. The summed E-state index contributed by atoms with van der Waals surface area (Å²) in [6.45, 7) is 0. The van der Waals surface area contributed by atoms with Crippen LogP contribution in [0, 0.1) is 0 Å². The summed E-state index contributed by atoms with van der Waals surface area (Å²) in [5.41, 5.74) is -0.234. The largest absolute Gasteiger partial charge is 0.497 e. The second-order valence-corrected chi connectivity index (χ2v) is 6.32. The lowest BCUT2D eigenvalue weighted by Gasteiger charge is -2.25. The quantitative estimate of drug-likeness (QED) is 0.885. The van der Waals surface area contributed by atoms with Gasteiger partial charge in [-0.15, -0.1) is 0 Å². The molecule has 2 aromatic carbocycles. The molecule has 1 amide bonds. The van der Waals surface area contributed by atoms with Gasteiger partial charge in [-0.1, -0.05) is 37.1 Å². The average Bonchev–Trinajstić information content (AvgIpc) is 3.04. The maximum Gasteiger partial charge on any atom is 0.329 e. The Morgan fingerprint density at radius 3 is 2.62 bits per heavy atom. The monoisotopic (exact) mass is 327 g/mol. The molecule has 1 fully saturated rings. The van der Waals surface area contributed by atoms with Crippen LogP contribution in [0.2, 0.25) is 0 Å². The molecule has 2 N–H and O–H groups in total. The number of carboxylic acids is 1. The van der Waals surface area contributed by atoms with Crippen molar-refractivity contribution in [1.82, 2.24) is 5.32 Å². The van der Waals surface area contributed by atoms with Crippen molar-refractivity contribution in [3.05, 3.63) is 42.0 Å². The zero-order chi connectivity index (χ0) is 17.2. The Kier molecular flexibility index (Phi) is 4.42. The zero-order valence-electron chi connectivity index (χ0n) is 13.7. The van der Waals surface area contributed by atoms with E-state index in [0.717, 1.165) is 34.9 Å². The Morgan fingerprint density at radius 1 is 1.21 bits per heavy atom. The minimum atomic E-state index is -1.10. The number of hydrogen-bond donors (Lipinski definition) is 2. The number of nitrogens with one attached hydrogen (secondary N) is 1. The van der Waals surface area contributed by atoms with E-state index in [1.165, 1.54) is 0 Å². The van der Waals surface area contributed by atoms with Gasteiger partial charge in [0.25, 0.3) is 0 Å². The van der Waals surface area contributed by atoms with Crippen LogP contribution in [-0.4, -0.2) is 29.6 Å². The number of fused-ring (bicyclic) bond motifs is 1. The molecule has 5 heteroatoms. The summed E-state index contributed by atoms with van der Waals surface area (Å²) >= 11 is 0. The van der Waals surface area contributed by atoms with E-state index in [1.54, 1.807) is 7.11 Å². The van der Waals surface area contributed by atoms with E-state index in [4.69, 9.17) is 4.74 Å². The van der Waals surface area contributed by atoms with E-state index in [-0.39, 0.29) is 12.3 Å². The van der Waals surface area contributed by atoms with Gasteiger partial charge < -0.3 is 15.2 Å². The maximum absolute atomic E-state index is 12.5. The number of aliphatic carboxylic acids is 1. The molecular weight excluding hydrogens is 306 g/mol. The number of hydrogen-bond acceptors (Lipinski definition) is 3. The second kappa shape index (κ2) is 6.51. The first kappa shape index (κ1) is 16.3. The Morgan fingerprint density at radius 2 is 1.96 bits per heavy atom. The second-order valence-electron chi connectivity index (χ2n) is 6.32. The third kappa shape index (κ3) is 3.07. The van der Waals surface area contributed by atoms with Crippen molar-refractivity contribution in [3.8, 4) is 5.75 Å². The van der Waals surface area contributed by atoms with Gasteiger partial charge in [-0.2, -0.15) is 0 Å². The Bertz CT molecular complexity index is 778. The van der Waals surface area contributed by atoms with Crippen LogP contribution in [-0.2, 0) is 16.0 Å². The Balaban J connectivity index is 1.84. The van der Waals surface area contributed by atoms with Crippen LogP contribution in [0.25, 0.3) is 10.8 Å².